The van der Waals surface area contributed by atoms with Crippen LogP contribution in [-0.2, 0) is 14.6 Å². The molecule has 1 atom stereocenters. The van der Waals surface area contributed by atoms with Crippen LogP contribution in [0.4, 0.5) is 0 Å². The minimum atomic E-state index is -2.91. The Morgan fingerprint density at radius 3 is 2.40 bits per heavy atom. The average molecular weight is 296 g/mol. The maximum absolute atomic E-state index is 12.3. The fourth-order valence-corrected chi connectivity index (χ4v) is 3.91. The predicted octanol–water partition coefficient (Wildman–Crippen LogP) is 0.422. The molecule has 0 saturated carbocycles. The van der Waals surface area contributed by atoms with E-state index in [0.717, 1.165) is 5.56 Å². The first-order valence-electron chi connectivity index (χ1n) is 6.77. The van der Waals surface area contributed by atoms with Crippen LogP contribution in [0.25, 0.3) is 0 Å². The summed E-state index contributed by atoms with van der Waals surface area (Å²) in [5.74, 6) is -0.203. The van der Waals surface area contributed by atoms with Crippen molar-refractivity contribution in [3.8, 4) is 0 Å². The van der Waals surface area contributed by atoms with Gasteiger partial charge in [-0.2, -0.15) is 0 Å². The third-order valence-electron chi connectivity index (χ3n) is 3.66. The van der Waals surface area contributed by atoms with E-state index >= 15 is 0 Å². The van der Waals surface area contributed by atoms with E-state index < -0.39 is 9.84 Å². The van der Waals surface area contributed by atoms with Gasteiger partial charge in [0.25, 0.3) is 0 Å². The second kappa shape index (κ2) is 6.37. The SMILES string of the molecule is NCC(C(=O)NC1CCS(=O)(=O)CC1)c1ccccc1. The van der Waals surface area contributed by atoms with E-state index in [1.54, 1.807) is 0 Å². The van der Waals surface area contributed by atoms with Crippen LogP contribution in [0.5, 0.6) is 0 Å². The second-order valence-electron chi connectivity index (χ2n) is 5.13. The van der Waals surface area contributed by atoms with Gasteiger partial charge in [-0.05, 0) is 18.4 Å². The van der Waals surface area contributed by atoms with Gasteiger partial charge < -0.3 is 11.1 Å². The molecule has 1 fully saturated rings. The molecule has 1 aliphatic heterocycles. The third kappa shape index (κ3) is 3.80. The van der Waals surface area contributed by atoms with E-state index in [2.05, 4.69) is 5.32 Å². The minimum Gasteiger partial charge on any atom is -0.353 e. The number of hydrogen-bond acceptors (Lipinski definition) is 4. The summed E-state index contributed by atoms with van der Waals surface area (Å²) in [7, 11) is -2.91. The van der Waals surface area contributed by atoms with Crippen molar-refractivity contribution in [2.45, 2.75) is 24.8 Å². The fourth-order valence-electron chi connectivity index (χ4n) is 2.42. The zero-order valence-corrected chi connectivity index (χ0v) is 12.1. The van der Waals surface area contributed by atoms with Gasteiger partial charge in [-0.15, -0.1) is 0 Å². The standard InChI is InChI=1S/C14H20N2O3S/c15-10-13(11-4-2-1-3-5-11)14(17)16-12-6-8-20(18,19)9-7-12/h1-5,12-13H,6-10,15H2,(H,16,17). The Morgan fingerprint density at radius 1 is 1.25 bits per heavy atom. The first kappa shape index (κ1) is 15.0. The number of carbonyl (C=O) groups excluding carboxylic acids is 1. The third-order valence-corrected chi connectivity index (χ3v) is 5.37. The van der Waals surface area contributed by atoms with Crippen LogP contribution in [0.1, 0.15) is 24.3 Å². The molecule has 1 aromatic rings. The Hall–Kier alpha value is -1.40. The van der Waals surface area contributed by atoms with Crippen molar-refractivity contribution in [1.29, 1.82) is 0 Å². The predicted molar refractivity (Wildman–Crippen MR) is 78.1 cm³/mol. The van der Waals surface area contributed by atoms with Gasteiger partial charge in [0.2, 0.25) is 5.91 Å². The molecule has 0 bridgehead atoms. The van der Waals surface area contributed by atoms with E-state index in [4.69, 9.17) is 5.73 Å². The van der Waals surface area contributed by atoms with Crippen molar-refractivity contribution in [3.63, 3.8) is 0 Å². The highest BCUT2D eigenvalue weighted by Crippen LogP contribution is 2.17. The lowest BCUT2D eigenvalue weighted by Crippen LogP contribution is -2.44. The Labute approximate surface area is 119 Å². The summed E-state index contributed by atoms with van der Waals surface area (Å²) < 4.78 is 22.7. The number of benzene rings is 1. The van der Waals surface area contributed by atoms with E-state index in [1.807, 2.05) is 30.3 Å². The summed E-state index contributed by atoms with van der Waals surface area (Å²) >= 11 is 0. The first-order valence-corrected chi connectivity index (χ1v) is 8.60. The average Bonchev–Trinajstić information content (AvgIpc) is 2.43. The van der Waals surface area contributed by atoms with Crippen molar-refractivity contribution in [3.05, 3.63) is 35.9 Å². The van der Waals surface area contributed by atoms with Crippen LogP contribution in [0.15, 0.2) is 30.3 Å². The van der Waals surface area contributed by atoms with Crippen molar-refractivity contribution >= 4 is 15.7 Å². The number of nitrogens with one attached hydrogen (secondary N) is 1. The molecular weight excluding hydrogens is 276 g/mol. The maximum atomic E-state index is 12.3. The number of rotatable bonds is 4. The van der Waals surface area contributed by atoms with Crippen LogP contribution >= 0.6 is 0 Å². The highest BCUT2D eigenvalue weighted by Gasteiger charge is 2.27. The molecule has 20 heavy (non-hydrogen) atoms. The molecule has 6 heteroatoms. The number of amides is 1. The molecule has 1 aromatic carbocycles. The molecule has 5 nitrogen and oxygen atoms in total. The van der Waals surface area contributed by atoms with Gasteiger partial charge in [0.05, 0.1) is 17.4 Å². The Kier molecular flexibility index (Phi) is 4.77. The van der Waals surface area contributed by atoms with Crippen LogP contribution in [0, 0.1) is 0 Å². The number of nitrogens with two attached hydrogens (primary N) is 1. The molecule has 1 saturated heterocycles. The molecule has 2 rings (SSSR count). The van der Waals surface area contributed by atoms with Crippen molar-refractivity contribution in [2.75, 3.05) is 18.1 Å². The van der Waals surface area contributed by atoms with Gasteiger partial charge in [-0.25, -0.2) is 8.42 Å². The highest BCUT2D eigenvalue weighted by molar-refractivity contribution is 7.91. The summed E-state index contributed by atoms with van der Waals surface area (Å²) in [4.78, 5) is 12.3. The molecule has 0 radical (unpaired) electrons. The molecule has 3 N–H and O–H groups in total. The fraction of sp³-hybridized carbons (Fsp3) is 0.500. The largest absolute Gasteiger partial charge is 0.353 e. The molecule has 1 aliphatic rings. The van der Waals surface area contributed by atoms with Crippen molar-refractivity contribution in [2.24, 2.45) is 5.73 Å². The molecule has 0 aromatic heterocycles. The molecule has 0 aliphatic carbocycles. The maximum Gasteiger partial charge on any atom is 0.229 e. The number of carbonyl (C=O) groups is 1. The molecule has 1 heterocycles. The Bertz CT molecular complexity index is 543. The zero-order chi connectivity index (χ0) is 14.6. The second-order valence-corrected chi connectivity index (χ2v) is 7.44. The van der Waals surface area contributed by atoms with Gasteiger partial charge in [0.15, 0.2) is 0 Å². The van der Waals surface area contributed by atoms with Crippen LogP contribution in [0.2, 0.25) is 0 Å². The van der Waals surface area contributed by atoms with Crippen molar-refractivity contribution < 1.29 is 13.2 Å². The summed E-state index contributed by atoms with van der Waals surface area (Å²) in [6.45, 7) is 0.237. The first-order chi connectivity index (χ1) is 9.52. The lowest BCUT2D eigenvalue weighted by Gasteiger charge is -2.25. The quantitative estimate of drug-likeness (QED) is 0.843. The molecular formula is C14H20N2O3S. The van der Waals surface area contributed by atoms with Gasteiger partial charge in [0.1, 0.15) is 9.84 Å². The van der Waals surface area contributed by atoms with Crippen LogP contribution < -0.4 is 11.1 Å². The molecule has 110 valence electrons. The minimum absolute atomic E-state index is 0.0659. The summed E-state index contributed by atoms with van der Waals surface area (Å²) in [5.41, 5.74) is 6.58. The smallest absolute Gasteiger partial charge is 0.229 e. The monoisotopic (exact) mass is 296 g/mol. The van der Waals surface area contributed by atoms with Gasteiger partial charge in [-0.3, -0.25) is 4.79 Å². The number of sulfone groups is 1. The summed E-state index contributed by atoms with van der Waals surface area (Å²) in [6.07, 6.45) is 0.973. The topological polar surface area (TPSA) is 89.3 Å². The summed E-state index contributed by atoms with van der Waals surface area (Å²) in [5, 5.41) is 2.92. The Morgan fingerprint density at radius 2 is 1.85 bits per heavy atom. The lowest BCUT2D eigenvalue weighted by atomic mass is 9.97. The van der Waals surface area contributed by atoms with E-state index in [1.165, 1.54) is 0 Å². The lowest BCUT2D eigenvalue weighted by molar-refractivity contribution is -0.123. The highest BCUT2D eigenvalue weighted by atomic mass is 32.2. The molecule has 0 spiro atoms. The van der Waals surface area contributed by atoms with Crippen LogP contribution in [0.3, 0.4) is 0 Å². The van der Waals surface area contributed by atoms with Gasteiger partial charge in [-0.1, -0.05) is 30.3 Å². The number of hydrogen-bond donors (Lipinski definition) is 2. The van der Waals surface area contributed by atoms with E-state index in [-0.39, 0.29) is 35.9 Å². The van der Waals surface area contributed by atoms with Gasteiger partial charge >= 0.3 is 0 Å². The molecule has 1 unspecified atom stereocenters. The van der Waals surface area contributed by atoms with Gasteiger partial charge in [0, 0.05) is 12.6 Å². The van der Waals surface area contributed by atoms with E-state index in [0.29, 0.717) is 12.8 Å². The summed E-state index contributed by atoms with van der Waals surface area (Å²) in [6, 6.07) is 9.33. The van der Waals surface area contributed by atoms with E-state index in [9.17, 15) is 13.2 Å². The molecule has 1 amide bonds. The normalized spacial score (nSPS) is 20.2. The Balaban J connectivity index is 1.97. The van der Waals surface area contributed by atoms with Crippen molar-refractivity contribution in [1.82, 2.24) is 5.32 Å². The zero-order valence-electron chi connectivity index (χ0n) is 11.3. The van der Waals surface area contributed by atoms with Crippen LogP contribution in [-0.4, -0.2) is 38.4 Å².